The summed E-state index contributed by atoms with van der Waals surface area (Å²) in [5.41, 5.74) is 0.915. The standard InChI is InChI=1S/C14H15N3OS/c1-3-13-16-14(19-17-13)15-9(2)12-8-10-6-4-5-7-11(10)18-12/h4-9H,3H2,1-2H3,(H,15,16,17)/t9-/m1/s1. The Labute approximate surface area is 115 Å². The van der Waals surface area contributed by atoms with Crippen LogP contribution in [0.4, 0.5) is 5.13 Å². The number of nitrogens with zero attached hydrogens (tertiary/aromatic N) is 2. The molecule has 0 aliphatic heterocycles. The van der Waals surface area contributed by atoms with Gasteiger partial charge in [-0.05, 0) is 19.1 Å². The lowest BCUT2D eigenvalue weighted by Crippen LogP contribution is -2.05. The molecule has 1 N–H and O–H groups in total. The summed E-state index contributed by atoms with van der Waals surface area (Å²) in [5.74, 6) is 1.79. The lowest BCUT2D eigenvalue weighted by atomic mass is 10.2. The van der Waals surface area contributed by atoms with E-state index >= 15 is 0 Å². The van der Waals surface area contributed by atoms with Gasteiger partial charge >= 0.3 is 0 Å². The van der Waals surface area contributed by atoms with Gasteiger partial charge in [0.05, 0.1) is 6.04 Å². The molecule has 0 bridgehead atoms. The van der Waals surface area contributed by atoms with Crippen LogP contribution in [-0.2, 0) is 6.42 Å². The number of aryl methyl sites for hydroxylation is 1. The first-order valence-electron chi connectivity index (χ1n) is 6.34. The molecule has 0 aliphatic rings. The Kier molecular flexibility index (Phi) is 3.21. The third kappa shape index (κ3) is 2.46. The fourth-order valence-electron chi connectivity index (χ4n) is 1.93. The van der Waals surface area contributed by atoms with Crippen molar-refractivity contribution in [2.24, 2.45) is 0 Å². The third-order valence-corrected chi connectivity index (χ3v) is 3.68. The topological polar surface area (TPSA) is 51.0 Å². The summed E-state index contributed by atoms with van der Waals surface area (Å²) >= 11 is 1.39. The van der Waals surface area contributed by atoms with Gasteiger partial charge in [-0.3, -0.25) is 0 Å². The molecule has 4 nitrogen and oxygen atoms in total. The Balaban J connectivity index is 1.81. The number of anilines is 1. The quantitative estimate of drug-likeness (QED) is 0.780. The van der Waals surface area contributed by atoms with Crippen LogP contribution < -0.4 is 5.32 Å². The Hall–Kier alpha value is -1.88. The molecule has 0 saturated carbocycles. The highest BCUT2D eigenvalue weighted by Gasteiger charge is 2.13. The smallest absolute Gasteiger partial charge is 0.203 e. The zero-order chi connectivity index (χ0) is 13.2. The molecule has 98 valence electrons. The maximum atomic E-state index is 5.83. The van der Waals surface area contributed by atoms with Crippen molar-refractivity contribution in [3.8, 4) is 0 Å². The molecule has 0 radical (unpaired) electrons. The van der Waals surface area contributed by atoms with Crippen molar-refractivity contribution in [1.29, 1.82) is 0 Å². The van der Waals surface area contributed by atoms with Crippen LogP contribution in [0.5, 0.6) is 0 Å². The average Bonchev–Trinajstić information content (AvgIpc) is 3.04. The van der Waals surface area contributed by atoms with Gasteiger partial charge in [-0.2, -0.15) is 4.37 Å². The van der Waals surface area contributed by atoms with Crippen LogP contribution in [0.1, 0.15) is 31.5 Å². The van der Waals surface area contributed by atoms with Crippen LogP contribution in [0, 0.1) is 0 Å². The first-order valence-corrected chi connectivity index (χ1v) is 7.11. The zero-order valence-corrected chi connectivity index (χ0v) is 11.7. The highest BCUT2D eigenvalue weighted by atomic mass is 32.1. The molecule has 1 atom stereocenters. The van der Waals surface area contributed by atoms with Crippen molar-refractivity contribution in [1.82, 2.24) is 9.36 Å². The van der Waals surface area contributed by atoms with Crippen LogP contribution >= 0.6 is 11.5 Å². The van der Waals surface area contributed by atoms with E-state index in [-0.39, 0.29) is 6.04 Å². The molecule has 2 heterocycles. The molecule has 5 heteroatoms. The highest BCUT2D eigenvalue weighted by Crippen LogP contribution is 2.26. The van der Waals surface area contributed by atoms with E-state index in [4.69, 9.17) is 4.42 Å². The SMILES string of the molecule is CCc1nsc(N[C@H](C)c2cc3ccccc3o2)n1. The molecular formula is C14H15N3OS. The summed E-state index contributed by atoms with van der Waals surface area (Å²) in [6.07, 6.45) is 0.858. The maximum Gasteiger partial charge on any atom is 0.203 e. The predicted molar refractivity (Wildman–Crippen MR) is 77.5 cm³/mol. The number of hydrogen-bond acceptors (Lipinski definition) is 5. The van der Waals surface area contributed by atoms with Gasteiger partial charge in [0.25, 0.3) is 0 Å². The van der Waals surface area contributed by atoms with Gasteiger partial charge in [-0.1, -0.05) is 25.1 Å². The normalized spacial score (nSPS) is 12.7. The zero-order valence-electron chi connectivity index (χ0n) is 10.9. The van der Waals surface area contributed by atoms with Crippen molar-refractivity contribution in [3.63, 3.8) is 0 Å². The van der Waals surface area contributed by atoms with Gasteiger partial charge in [-0.25, -0.2) is 4.98 Å². The monoisotopic (exact) mass is 273 g/mol. The minimum atomic E-state index is 0.0741. The number of nitrogens with one attached hydrogen (secondary N) is 1. The van der Waals surface area contributed by atoms with Gasteiger partial charge in [-0.15, -0.1) is 0 Å². The molecule has 0 aliphatic carbocycles. The number of aromatic nitrogens is 2. The fraction of sp³-hybridized carbons (Fsp3) is 0.286. The largest absolute Gasteiger partial charge is 0.459 e. The van der Waals surface area contributed by atoms with Gasteiger partial charge in [0.2, 0.25) is 5.13 Å². The number of furan rings is 1. The predicted octanol–water partition coefficient (Wildman–Crippen LogP) is 4.02. The van der Waals surface area contributed by atoms with Crippen LogP contribution in [-0.4, -0.2) is 9.36 Å². The molecule has 0 fully saturated rings. The van der Waals surface area contributed by atoms with E-state index in [1.165, 1.54) is 11.5 Å². The first kappa shape index (κ1) is 12.2. The minimum Gasteiger partial charge on any atom is -0.459 e. The number of fused-ring (bicyclic) bond motifs is 1. The minimum absolute atomic E-state index is 0.0741. The van der Waals surface area contributed by atoms with E-state index in [9.17, 15) is 0 Å². The maximum absolute atomic E-state index is 5.83. The summed E-state index contributed by atoms with van der Waals surface area (Å²) in [6, 6.07) is 10.2. The Morgan fingerprint density at radius 3 is 2.95 bits per heavy atom. The Morgan fingerprint density at radius 2 is 2.21 bits per heavy atom. The van der Waals surface area contributed by atoms with Crippen molar-refractivity contribution in [3.05, 3.63) is 41.9 Å². The van der Waals surface area contributed by atoms with E-state index in [0.717, 1.165) is 34.1 Å². The molecule has 19 heavy (non-hydrogen) atoms. The van der Waals surface area contributed by atoms with Gasteiger partial charge in [0.1, 0.15) is 17.2 Å². The van der Waals surface area contributed by atoms with E-state index in [2.05, 4.69) is 40.7 Å². The Morgan fingerprint density at radius 1 is 1.37 bits per heavy atom. The molecule has 2 aromatic heterocycles. The van der Waals surface area contributed by atoms with Crippen molar-refractivity contribution in [2.45, 2.75) is 26.3 Å². The molecule has 3 aromatic rings. The molecule has 0 amide bonds. The summed E-state index contributed by atoms with van der Waals surface area (Å²) in [5, 5.41) is 5.29. The molecule has 1 aromatic carbocycles. The lowest BCUT2D eigenvalue weighted by molar-refractivity contribution is 0.526. The second kappa shape index (κ2) is 5.01. The molecule has 0 unspecified atom stereocenters. The van der Waals surface area contributed by atoms with E-state index in [1.807, 2.05) is 18.2 Å². The molecule has 3 rings (SSSR count). The van der Waals surface area contributed by atoms with E-state index < -0.39 is 0 Å². The fourth-order valence-corrected chi connectivity index (χ4v) is 2.67. The van der Waals surface area contributed by atoms with Crippen molar-refractivity contribution in [2.75, 3.05) is 5.32 Å². The van der Waals surface area contributed by atoms with Crippen LogP contribution in [0.25, 0.3) is 11.0 Å². The summed E-state index contributed by atoms with van der Waals surface area (Å²) in [4.78, 5) is 4.40. The van der Waals surface area contributed by atoms with E-state index in [0.29, 0.717) is 0 Å². The number of benzene rings is 1. The van der Waals surface area contributed by atoms with Gasteiger partial charge in [0.15, 0.2) is 0 Å². The first-order chi connectivity index (χ1) is 9.26. The third-order valence-electron chi connectivity index (χ3n) is 3.00. The average molecular weight is 273 g/mol. The Bertz CT molecular complexity index is 656. The number of hydrogen-bond donors (Lipinski definition) is 1. The van der Waals surface area contributed by atoms with E-state index in [1.54, 1.807) is 0 Å². The van der Waals surface area contributed by atoms with Crippen LogP contribution in [0.15, 0.2) is 34.7 Å². The number of rotatable bonds is 4. The summed E-state index contributed by atoms with van der Waals surface area (Å²) in [6.45, 7) is 4.11. The molecular weight excluding hydrogens is 258 g/mol. The van der Waals surface area contributed by atoms with Gasteiger partial charge in [0, 0.05) is 23.3 Å². The second-order valence-corrected chi connectivity index (χ2v) is 5.17. The van der Waals surface area contributed by atoms with Crippen molar-refractivity contribution >= 4 is 27.6 Å². The summed E-state index contributed by atoms with van der Waals surface area (Å²) in [7, 11) is 0. The van der Waals surface area contributed by atoms with Crippen LogP contribution in [0.2, 0.25) is 0 Å². The molecule has 0 spiro atoms. The van der Waals surface area contributed by atoms with Gasteiger partial charge < -0.3 is 9.73 Å². The second-order valence-electron chi connectivity index (χ2n) is 4.42. The van der Waals surface area contributed by atoms with Crippen molar-refractivity contribution < 1.29 is 4.42 Å². The lowest BCUT2D eigenvalue weighted by Gasteiger charge is -2.08. The van der Waals surface area contributed by atoms with Crippen LogP contribution in [0.3, 0.4) is 0 Å². The molecule has 0 saturated heterocycles. The highest BCUT2D eigenvalue weighted by molar-refractivity contribution is 7.09. The number of para-hydroxylation sites is 1. The summed E-state index contributed by atoms with van der Waals surface area (Å²) < 4.78 is 10.1.